The molecular formula is C20H18N2O3. The largest absolute Gasteiger partial charge is 0.347 e. The Bertz CT molecular complexity index is 1030. The Labute approximate surface area is 144 Å². The van der Waals surface area contributed by atoms with Crippen LogP contribution in [0.4, 0.5) is 5.69 Å². The number of pyridine rings is 1. The second-order valence-corrected chi connectivity index (χ2v) is 5.77. The Hall–Kier alpha value is -3.21. The molecule has 25 heavy (non-hydrogen) atoms. The molecule has 1 amide bonds. The number of benzene rings is 2. The monoisotopic (exact) mass is 334 g/mol. The summed E-state index contributed by atoms with van der Waals surface area (Å²) >= 11 is 0. The highest BCUT2D eigenvalue weighted by Gasteiger charge is 2.15. The zero-order valence-electron chi connectivity index (χ0n) is 14.1. The number of carbonyl (C=O) groups is 2. The van der Waals surface area contributed by atoms with Gasteiger partial charge in [0.2, 0.25) is 5.43 Å². The van der Waals surface area contributed by atoms with Crippen molar-refractivity contribution in [3.8, 4) is 0 Å². The van der Waals surface area contributed by atoms with Crippen molar-refractivity contribution in [3.05, 3.63) is 76.1 Å². The van der Waals surface area contributed by atoms with Gasteiger partial charge < -0.3 is 9.88 Å². The molecular weight excluding hydrogens is 316 g/mol. The summed E-state index contributed by atoms with van der Waals surface area (Å²) in [5, 5.41) is 3.21. The summed E-state index contributed by atoms with van der Waals surface area (Å²) in [4.78, 5) is 36.8. The Balaban J connectivity index is 2.03. The van der Waals surface area contributed by atoms with Crippen LogP contribution in [0.1, 0.15) is 34.6 Å². The van der Waals surface area contributed by atoms with E-state index >= 15 is 0 Å². The molecule has 0 saturated heterocycles. The van der Waals surface area contributed by atoms with Crippen LogP contribution in [-0.2, 0) is 6.54 Å². The van der Waals surface area contributed by atoms with Gasteiger partial charge in [-0.3, -0.25) is 14.4 Å². The van der Waals surface area contributed by atoms with E-state index in [1.165, 1.54) is 6.92 Å². The van der Waals surface area contributed by atoms with Gasteiger partial charge >= 0.3 is 0 Å². The van der Waals surface area contributed by atoms with Crippen LogP contribution in [0, 0.1) is 0 Å². The minimum absolute atomic E-state index is 0.0776. The highest BCUT2D eigenvalue weighted by atomic mass is 16.2. The van der Waals surface area contributed by atoms with E-state index in [1.807, 2.05) is 23.6 Å². The second kappa shape index (κ2) is 6.73. The lowest BCUT2D eigenvalue weighted by atomic mass is 10.1. The standard InChI is InChI=1S/C20H18N2O3/c1-3-22-12-17(19(24)16-9-4-5-10-18(16)22)20(25)21-15-8-6-7-14(11-15)13(2)23/h4-12H,3H2,1-2H3,(H,21,25). The molecule has 126 valence electrons. The molecule has 0 aliphatic carbocycles. The molecule has 3 rings (SSSR count). The predicted octanol–water partition coefficient (Wildman–Crippen LogP) is 3.48. The molecule has 0 aliphatic rings. The summed E-state index contributed by atoms with van der Waals surface area (Å²) in [6.07, 6.45) is 1.58. The normalized spacial score (nSPS) is 10.6. The van der Waals surface area contributed by atoms with E-state index < -0.39 is 5.91 Å². The van der Waals surface area contributed by atoms with Gasteiger partial charge in [-0.25, -0.2) is 0 Å². The number of nitrogens with zero attached hydrogens (tertiary/aromatic N) is 1. The van der Waals surface area contributed by atoms with Gasteiger partial charge in [-0.1, -0.05) is 24.3 Å². The number of anilines is 1. The number of hydrogen-bond acceptors (Lipinski definition) is 3. The molecule has 0 bridgehead atoms. The molecule has 0 spiro atoms. The van der Waals surface area contributed by atoms with Gasteiger partial charge in [0.05, 0.1) is 5.52 Å². The van der Waals surface area contributed by atoms with Crippen LogP contribution in [-0.4, -0.2) is 16.3 Å². The molecule has 0 unspecified atom stereocenters. The van der Waals surface area contributed by atoms with Crippen molar-refractivity contribution in [1.82, 2.24) is 4.57 Å². The Morgan fingerprint density at radius 3 is 2.56 bits per heavy atom. The summed E-state index contributed by atoms with van der Waals surface area (Å²) < 4.78 is 1.87. The fourth-order valence-electron chi connectivity index (χ4n) is 2.78. The first-order valence-electron chi connectivity index (χ1n) is 8.05. The van der Waals surface area contributed by atoms with Gasteiger partial charge in [0, 0.05) is 29.4 Å². The molecule has 1 heterocycles. The van der Waals surface area contributed by atoms with Gasteiger partial charge in [-0.2, -0.15) is 0 Å². The maximum absolute atomic E-state index is 12.7. The first kappa shape index (κ1) is 16.6. The van der Waals surface area contributed by atoms with Crippen LogP contribution in [0.25, 0.3) is 10.9 Å². The third kappa shape index (κ3) is 3.21. The van der Waals surface area contributed by atoms with E-state index in [0.29, 0.717) is 23.2 Å². The average Bonchev–Trinajstić information content (AvgIpc) is 2.62. The Morgan fingerprint density at radius 1 is 1.08 bits per heavy atom. The molecule has 2 aromatic carbocycles. The van der Waals surface area contributed by atoms with Crippen LogP contribution in [0.15, 0.2) is 59.5 Å². The van der Waals surface area contributed by atoms with Crippen molar-refractivity contribution in [2.45, 2.75) is 20.4 Å². The zero-order valence-corrected chi connectivity index (χ0v) is 14.1. The van der Waals surface area contributed by atoms with Crippen molar-refractivity contribution in [3.63, 3.8) is 0 Å². The van der Waals surface area contributed by atoms with Crippen molar-refractivity contribution in [2.24, 2.45) is 0 Å². The Kier molecular flexibility index (Phi) is 4.48. The number of Topliss-reactive ketones (excluding diaryl/α,β-unsaturated/α-hetero) is 1. The lowest BCUT2D eigenvalue weighted by Gasteiger charge is -2.12. The second-order valence-electron chi connectivity index (χ2n) is 5.77. The van der Waals surface area contributed by atoms with E-state index in [0.717, 1.165) is 5.52 Å². The topological polar surface area (TPSA) is 68.2 Å². The highest BCUT2D eigenvalue weighted by molar-refractivity contribution is 6.06. The SMILES string of the molecule is CCn1cc(C(=O)Nc2cccc(C(C)=O)c2)c(=O)c2ccccc21. The zero-order chi connectivity index (χ0) is 18.0. The summed E-state index contributed by atoms with van der Waals surface area (Å²) in [7, 11) is 0. The number of nitrogens with one attached hydrogen (secondary N) is 1. The number of fused-ring (bicyclic) bond motifs is 1. The average molecular weight is 334 g/mol. The van der Waals surface area contributed by atoms with Crippen LogP contribution in [0.2, 0.25) is 0 Å². The minimum atomic E-state index is -0.487. The molecule has 3 aromatic rings. The van der Waals surface area contributed by atoms with E-state index in [1.54, 1.807) is 42.6 Å². The van der Waals surface area contributed by atoms with Gasteiger partial charge in [0.1, 0.15) is 5.56 Å². The number of aryl methyl sites for hydroxylation is 1. The van der Waals surface area contributed by atoms with E-state index in [-0.39, 0.29) is 16.8 Å². The van der Waals surface area contributed by atoms with E-state index in [4.69, 9.17) is 0 Å². The third-order valence-corrected chi connectivity index (χ3v) is 4.10. The molecule has 5 nitrogen and oxygen atoms in total. The van der Waals surface area contributed by atoms with E-state index in [2.05, 4.69) is 5.32 Å². The fourth-order valence-corrected chi connectivity index (χ4v) is 2.78. The maximum Gasteiger partial charge on any atom is 0.261 e. The molecule has 0 atom stereocenters. The van der Waals surface area contributed by atoms with Gasteiger partial charge in [0.15, 0.2) is 5.78 Å². The molecule has 0 aliphatic heterocycles. The quantitative estimate of drug-likeness (QED) is 0.743. The van der Waals surface area contributed by atoms with Crippen LogP contribution < -0.4 is 10.7 Å². The molecule has 1 aromatic heterocycles. The fraction of sp³-hybridized carbons (Fsp3) is 0.150. The van der Waals surface area contributed by atoms with Gasteiger partial charge in [-0.15, -0.1) is 0 Å². The first-order valence-corrected chi connectivity index (χ1v) is 8.05. The molecule has 0 radical (unpaired) electrons. The number of aromatic nitrogens is 1. The number of rotatable bonds is 4. The summed E-state index contributed by atoms with van der Waals surface area (Å²) in [6, 6.07) is 13.9. The number of para-hydroxylation sites is 1. The minimum Gasteiger partial charge on any atom is -0.347 e. The van der Waals surface area contributed by atoms with Crippen molar-refractivity contribution >= 4 is 28.3 Å². The van der Waals surface area contributed by atoms with Gasteiger partial charge in [0.25, 0.3) is 5.91 Å². The molecule has 1 N–H and O–H groups in total. The van der Waals surface area contributed by atoms with Gasteiger partial charge in [-0.05, 0) is 38.1 Å². The lowest BCUT2D eigenvalue weighted by molar-refractivity contribution is 0.101. The number of ketones is 1. The van der Waals surface area contributed by atoms with Crippen molar-refractivity contribution in [1.29, 1.82) is 0 Å². The van der Waals surface area contributed by atoms with Crippen molar-refractivity contribution < 1.29 is 9.59 Å². The summed E-state index contributed by atoms with van der Waals surface area (Å²) in [5.41, 5.74) is 1.55. The third-order valence-electron chi connectivity index (χ3n) is 4.10. The summed E-state index contributed by atoms with van der Waals surface area (Å²) in [5.74, 6) is -0.575. The Morgan fingerprint density at radius 2 is 1.84 bits per heavy atom. The van der Waals surface area contributed by atoms with Crippen LogP contribution in [0.5, 0.6) is 0 Å². The molecule has 0 fully saturated rings. The smallest absolute Gasteiger partial charge is 0.261 e. The van der Waals surface area contributed by atoms with E-state index in [9.17, 15) is 14.4 Å². The number of hydrogen-bond donors (Lipinski definition) is 1. The maximum atomic E-state index is 12.7. The van der Waals surface area contributed by atoms with Crippen LogP contribution in [0.3, 0.4) is 0 Å². The van der Waals surface area contributed by atoms with Crippen LogP contribution >= 0.6 is 0 Å². The predicted molar refractivity (Wildman–Crippen MR) is 98.3 cm³/mol. The molecule has 0 saturated carbocycles. The lowest BCUT2D eigenvalue weighted by Crippen LogP contribution is -2.24. The highest BCUT2D eigenvalue weighted by Crippen LogP contribution is 2.15. The first-order chi connectivity index (χ1) is 12.0. The number of carbonyl (C=O) groups excluding carboxylic acids is 2. The number of amides is 1. The molecule has 5 heteroatoms. The van der Waals surface area contributed by atoms with Crippen molar-refractivity contribution in [2.75, 3.05) is 5.32 Å². The summed E-state index contributed by atoms with van der Waals surface area (Å²) in [6.45, 7) is 4.06.